The van der Waals surface area contributed by atoms with Gasteiger partial charge in [-0.3, -0.25) is 19.2 Å². The van der Waals surface area contributed by atoms with Gasteiger partial charge in [-0.25, -0.2) is 4.79 Å². The Balaban J connectivity index is 4.46. The van der Waals surface area contributed by atoms with Crippen LogP contribution in [0.3, 0.4) is 0 Å². The zero-order valence-electron chi connectivity index (χ0n) is 15.4. The van der Waals surface area contributed by atoms with Crippen LogP contribution >= 0.6 is 0 Å². The number of amides is 4. The van der Waals surface area contributed by atoms with Crippen molar-refractivity contribution in [3.05, 3.63) is 0 Å². The maximum absolute atomic E-state index is 12.1. The third kappa shape index (κ3) is 11.1. The van der Waals surface area contributed by atoms with Gasteiger partial charge in [-0.1, -0.05) is 0 Å². The van der Waals surface area contributed by atoms with E-state index in [9.17, 15) is 29.1 Å². The lowest BCUT2D eigenvalue weighted by atomic mass is 10.1. The average molecular weight is 404 g/mol. The summed E-state index contributed by atoms with van der Waals surface area (Å²) < 4.78 is 0. The molecule has 4 amide bonds. The molecule has 0 rings (SSSR count). The number of carboxylic acid groups (broad SMARTS) is 1. The van der Waals surface area contributed by atoms with E-state index in [1.54, 1.807) is 0 Å². The molecule has 0 saturated heterocycles. The average Bonchev–Trinajstić information content (AvgIpc) is 2.67. The van der Waals surface area contributed by atoms with Crippen molar-refractivity contribution in [1.82, 2.24) is 21.3 Å². The second-order valence-electron chi connectivity index (χ2n) is 5.74. The van der Waals surface area contributed by atoms with Crippen molar-refractivity contribution in [2.45, 2.75) is 31.3 Å². The lowest BCUT2D eigenvalue weighted by molar-refractivity contribution is -0.142. The molecule has 10 N–H and O–H groups in total. The van der Waals surface area contributed by atoms with Gasteiger partial charge < -0.3 is 42.9 Å². The highest BCUT2D eigenvalue weighted by molar-refractivity contribution is 5.92. The lowest BCUT2D eigenvalue weighted by Crippen LogP contribution is -2.54. The van der Waals surface area contributed by atoms with Crippen molar-refractivity contribution >= 4 is 29.6 Å². The van der Waals surface area contributed by atoms with Gasteiger partial charge >= 0.3 is 5.97 Å². The van der Waals surface area contributed by atoms with E-state index in [-0.39, 0.29) is 19.5 Å². The van der Waals surface area contributed by atoms with Crippen LogP contribution in [0.5, 0.6) is 0 Å². The fraction of sp³-hybridized carbons (Fsp3) is 0.667. The van der Waals surface area contributed by atoms with Crippen LogP contribution in [-0.2, 0) is 24.0 Å². The van der Waals surface area contributed by atoms with Crippen LogP contribution in [0.15, 0.2) is 0 Å². The van der Waals surface area contributed by atoms with E-state index in [0.717, 1.165) is 0 Å². The summed E-state index contributed by atoms with van der Waals surface area (Å²) in [6, 6.07) is -2.58. The highest BCUT2D eigenvalue weighted by Crippen LogP contribution is 2.01. The van der Waals surface area contributed by atoms with Crippen LogP contribution in [0.4, 0.5) is 0 Å². The van der Waals surface area contributed by atoms with Gasteiger partial charge in [0.1, 0.15) is 12.1 Å². The quantitative estimate of drug-likeness (QED) is 0.130. The monoisotopic (exact) mass is 404 g/mol. The van der Waals surface area contributed by atoms with Crippen molar-refractivity contribution in [2.24, 2.45) is 11.5 Å². The molecule has 0 aromatic rings. The van der Waals surface area contributed by atoms with Crippen LogP contribution in [0.1, 0.15) is 19.3 Å². The largest absolute Gasteiger partial charge is 0.480 e. The molecule has 13 heteroatoms. The van der Waals surface area contributed by atoms with Crippen LogP contribution in [0.25, 0.3) is 0 Å². The van der Waals surface area contributed by atoms with Crippen molar-refractivity contribution in [3.63, 3.8) is 0 Å². The molecule has 28 heavy (non-hydrogen) atoms. The molecule has 160 valence electrons. The number of nitrogens with one attached hydrogen (secondary N) is 4. The van der Waals surface area contributed by atoms with Crippen molar-refractivity contribution < 1.29 is 34.2 Å². The first-order valence-corrected chi connectivity index (χ1v) is 8.62. The summed E-state index contributed by atoms with van der Waals surface area (Å²) in [4.78, 5) is 57.4. The van der Waals surface area contributed by atoms with E-state index < -0.39 is 54.8 Å². The third-order valence-electron chi connectivity index (χ3n) is 3.47. The first kappa shape index (κ1) is 25.2. The molecule has 0 unspecified atom stereocenters. The summed E-state index contributed by atoms with van der Waals surface area (Å²) in [5, 5.41) is 27.2. The van der Waals surface area contributed by atoms with Gasteiger partial charge in [0.2, 0.25) is 23.6 Å². The number of carbonyl (C=O) groups excluding carboxylic acids is 4. The van der Waals surface area contributed by atoms with Crippen LogP contribution in [0.2, 0.25) is 0 Å². The van der Waals surface area contributed by atoms with Crippen LogP contribution < -0.4 is 32.7 Å². The minimum Gasteiger partial charge on any atom is -0.480 e. The fourth-order valence-corrected chi connectivity index (χ4v) is 1.95. The molecular formula is C15H28N6O7. The van der Waals surface area contributed by atoms with Crippen molar-refractivity contribution in [3.8, 4) is 0 Å². The lowest BCUT2D eigenvalue weighted by Gasteiger charge is -2.20. The maximum Gasteiger partial charge on any atom is 0.326 e. The van der Waals surface area contributed by atoms with E-state index >= 15 is 0 Å². The molecule has 0 aliphatic rings. The number of rotatable bonds is 14. The van der Waals surface area contributed by atoms with E-state index in [1.165, 1.54) is 0 Å². The molecule has 0 aliphatic heterocycles. The Kier molecular flexibility index (Phi) is 12.9. The molecule has 0 aliphatic carbocycles. The molecule has 0 radical (unpaired) electrons. The number of aliphatic carboxylic acids is 1. The zero-order chi connectivity index (χ0) is 21.5. The van der Waals surface area contributed by atoms with Gasteiger partial charge in [0.15, 0.2) is 0 Å². The second-order valence-corrected chi connectivity index (χ2v) is 5.74. The topological polar surface area (TPSA) is 226 Å². The highest BCUT2D eigenvalue weighted by Gasteiger charge is 2.25. The first-order valence-electron chi connectivity index (χ1n) is 8.62. The first-order chi connectivity index (χ1) is 13.2. The number of aliphatic hydroxyl groups excluding tert-OH is 1. The summed E-state index contributed by atoms with van der Waals surface area (Å²) in [5.74, 6) is -4.12. The molecule has 0 aromatic carbocycles. The van der Waals surface area contributed by atoms with Gasteiger partial charge in [-0.15, -0.1) is 0 Å². The molecule has 0 spiro atoms. The predicted molar refractivity (Wildman–Crippen MR) is 96.6 cm³/mol. The molecule has 0 aromatic heterocycles. The number of carbonyl (C=O) groups is 5. The summed E-state index contributed by atoms with van der Waals surface area (Å²) in [6.45, 7) is -1.56. The minimum atomic E-state index is -1.39. The molecule has 0 bridgehead atoms. The normalized spacial score (nSPS) is 12.4. The standard InChI is InChI=1S/C15H28N6O7/c16-4-2-1-3-9(15(27)28)21-14(26)10(8-22)20-13(25)7-19-12(24)6-18-11(23)5-17/h9-10,22H,1-8,16-17H2,(H,18,23)(H,19,24)(H,20,25)(H,21,26)(H,27,28)/t9-,10-/m0/s1. The second kappa shape index (κ2) is 14.3. The van der Waals surface area contributed by atoms with Crippen molar-refractivity contribution in [1.29, 1.82) is 0 Å². The summed E-state index contributed by atoms with van der Waals surface area (Å²) >= 11 is 0. The Bertz CT molecular complexity index is 557. The highest BCUT2D eigenvalue weighted by atomic mass is 16.4. The zero-order valence-corrected chi connectivity index (χ0v) is 15.4. The predicted octanol–water partition coefficient (Wildman–Crippen LogP) is -4.65. The number of unbranched alkanes of at least 4 members (excludes halogenated alkanes) is 1. The summed E-state index contributed by atoms with van der Waals surface area (Å²) in [6.07, 6.45) is 1.22. The Morgan fingerprint density at radius 1 is 0.821 bits per heavy atom. The van der Waals surface area contributed by atoms with Gasteiger partial charge in [0.05, 0.1) is 26.2 Å². The number of hydrogen-bond donors (Lipinski definition) is 8. The van der Waals surface area contributed by atoms with Crippen LogP contribution in [0, 0.1) is 0 Å². The Morgan fingerprint density at radius 2 is 1.43 bits per heavy atom. The van der Waals surface area contributed by atoms with Crippen LogP contribution in [-0.4, -0.2) is 84.7 Å². The summed E-state index contributed by atoms with van der Waals surface area (Å²) in [7, 11) is 0. The maximum atomic E-state index is 12.1. The number of aliphatic hydroxyl groups is 1. The van der Waals surface area contributed by atoms with E-state index in [1.807, 2.05) is 0 Å². The number of carboxylic acids is 1. The number of hydrogen-bond acceptors (Lipinski definition) is 8. The SMILES string of the molecule is NCCCC[C@H](NC(=O)[C@H](CO)NC(=O)CNC(=O)CNC(=O)CN)C(=O)O. The van der Waals surface area contributed by atoms with Gasteiger partial charge in [-0.05, 0) is 25.8 Å². The fourth-order valence-electron chi connectivity index (χ4n) is 1.95. The molecule has 0 heterocycles. The van der Waals surface area contributed by atoms with Gasteiger partial charge in [0.25, 0.3) is 0 Å². The van der Waals surface area contributed by atoms with E-state index in [2.05, 4.69) is 21.3 Å². The molecule has 0 saturated carbocycles. The van der Waals surface area contributed by atoms with Gasteiger partial charge in [0, 0.05) is 0 Å². The third-order valence-corrected chi connectivity index (χ3v) is 3.47. The molecular weight excluding hydrogens is 376 g/mol. The summed E-state index contributed by atoms with van der Waals surface area (Å²) in [5.41, 5.74) is 10.4. The van der Waals surface area contributed by atoms with Gasteiger partial charge in [-0.2, -0.15) is 0 Å². The van der Waals surface area contributed by atoms with E-state index in [0.29, 0.717) is 19.4 Å². The van der Waals surface area contributed by atoms with E-state index in [4.69, 9.17) is 16.6 Å². The molecule has 13 nitrogen and oxygen atoms in total. The Labute approximate surface area is 161 Å². The molecule has 0 fully saturated rings. The Morgan fingerprint density at radius 3 is 1.96 bits per heavy atom. The molecule has 2 atom stereocenters. The Hall–Kier alpha value is -2.77. The van der Waals surface area contributed by atoms with Crippen molar-refractivity contribution in [2.75, 3.05) is 32.8 Å². The smallest absolute Gasteiger partial charge is 0.326 e. The number of nitrogens with two attached hydrogens (primary N) is 2. The minimum absolute atomic E-state index is 0.148.